The highest BCUT2D eigenvalue weighted by atomic mass is 32.1. The van der Waals surface area contributed by atoms with Crippen LogP contribution in [0.5, 0.6) is 0 Å². The second-order valence-electron chi connectivity index (χ2n) is 4.54. The molecule has 0 saturated carbocycles. The summed E-state index contributed by atoms with van der Waals surface area (Å²) in [6.45, 7) is 7.39. The molecule has 2 heterocycles. The third-order valence-electron chi connectivity index (χ3n) is 3.08. The van der Waals surface area contributed by atoms with Crippen LogP contribution >= 0.6 is 11.3 Å². The minimum atomic E-state index is 0.363. The molecule has 0 spiro atoms. The molecule has 0 unspecified atom stereocenters. The van der Waals surface area contributed by atoms with E-state index in [9.17, 15) is 0 Å². The second-order valence-corrected chi connectivity index (χ2v) is 5.32. The van der Waals surface area contributed by atoms with Crippen molar-refractivity contribution in [3.05, 3.63) is 40.3 Å². The number of thiophene rings is 1. The van der Waals surface area contributed by atoms with E-state index in [0.29, 0.717) is 12.1 Å². The van der Waals surface area contributed by atoms with E-state index in [-0.39, 0.29) is 0 Å². The van der Waals surface area contributed by atoms with Crippen LogP contribution in [0.4, 0.5) is 0 Å². The van der Waals surface area contributed by atoms with E-state index < -0.39 is 0 Å². The largest absolute Gasteiger partial charge is 0.308 e. The van der Waals surface area contributed by atoms with Gasteiger partial charge in [-0.25, -0.2) is 0 Å². The van der Waals surface area contributed by atoms with Gasteiger partial charge in [0.25, 0.3) is 0 Å². The van der Waals surface area contributed by atoms with Crippen molar-refractivity contribution in [2.24, 2.45) is 0 Å². The number of hydrogen-bond donors (Lipinski definition) is 1. The standard InChI is InChI=1S/C13H19N3S/c1-10-6-15-16(8-10)12(3)11(2)14-7-13-4-5-17-9-13/h4-6,8-9,11-12,14H,7H2,1-3H3/t11-,12-/m1/s1. The molecule has 4 heteroatoms. The zero-order valence-corrected chi connectivity index (χ0v) is 11.4. The van der Waals surface area contributed by atoms with Crippen LogP contribution in [0, 0.1) is 6.92 Å². The molecule has 2 aromatic rings. The number of nitrogens with zero attached hydrogens (tertiary/aromatic N) is 2. The summed E-state index contributed by atoms with van der Waals surface area (Å²) in [5.74, 6) is 0. The first-order valence-electron chi connectivity index (χ1n) is 5.92. The molecular formula is C13H19N3S. The zero-order chi connectivity index (χ0) is 12.3. The van der Waals surface area contributed by atoms with Gasteiger partial charge in [0.05, 0.1) is 12.2 Å². The quantitative estimate of drug-likeness (QED) is 0.883. The van der Waals surface area contributed by atoms with Gasteiger partial charge < -0.3 is 5.32 Å². The third-order valence-corrected chi connectivity index (χ3v) is 3.81. The van der Waals surface area contributed by atoms with E-state index in [1.807, 2.05) is 10.9 Å². The van der Waals surface area contributed by atoms with Gasteiger partial charge in [-0.3, -0.25) is 4.68 Å². The highest BCUT2D eigenvalue weighted by Gasteiger charge is 2.13. The minimum absolute atomic E-state index is 0.363. The Labute approximate surface area is 106 Å². The van der Waals surface area contributed by atoms with Crippen molar-refractivity contribution in [2.45, 2.75) is 39.4 Å². The second kappa shape index (κ2) is 5.47. The summed E-state index contributed by atoms with van der Waals surface area (Å²) in [7, 11) is 0. The molecule has 0 aliphatic rings. The van der Waals surface area contributed by atoms with Crippen molar-refractivity contribution < 1.29 is 0 Å². The fraction of sp³-hybridized carbons (Fsp3) is 0.462. The number of aryl methyl sites for hydroxylation is 1. The molecule has 1 N–H and O–H groups in total. The van der Waals surface area contributed by atoms with Gasteiger partial charge in [0.15, 0.2) is 0 Å². The Bertz CT molecular complexity index is 447. The van der Waals surface area contributed by atoms with Crippen molar-refractivity contribution >= 4 is 11.3 Å². The first-order chi connectivity index (χ1) is 8.16. The molecule has 2 rings (SSSR count). The maximum absolute atomic E-state index is 4.36. The van der Waals surface area contributed by atoms with Crippen LogP contribution in [-0.4, -0.2) is 15.8 Å². The molecule has 0 amide bonds. The summed E-state index contributed by atoms with van der Waals surface area (Å²) in [6, 6.07) is 2.92. The molecule has 2 aromatic heterocycles. The van der Waals surface area contributed by atoms with Crippen LogP contribution in [-0.2, 0) is 6.54 Å². The number of rotatable bonds is 5. The van der Waals surface area contributed by atoms with Crippen LogP contribution < -0.4 is 5.32 Å². The van der Waals surface area contributed by atoms with Gasteiger partial charge in [0, 0.05) is 18.8 Å². The van der Waals surface area contributed by atoms with Crippen molar-refractivity contribution in [1.29, 1.82) is 0 Å². The molecule has 0 bridgehead atoms. The molecule has 17 heavy (non-hydrogen) atoms. The molecule has 0 aromatic carbocycles. The Morgan fingerprint density at radius 3 is 2.88 bits per heavy atom. The van der Waals surface area contributed by atoms with Crippen LogP contribution in [0.3, 0.4) is 0 Å². The summed E-state index contributed by atoms with van der Waals surface area (Å²) in [5, 5.41) is 12.2. The smallest absolute Gasteiger partial charge is 0.0641 e. The van der Waals surface area contributed by atoms with Crippen LogP contribution in [0.1, 0.15) is 31.0 Å². The van der Waals surface area contributed by atoms with Gasteiger partial charge in [-0.2, -0.15) is 16.4 Å². The van der Waals surface area contributed by atoms with E-state index in [1.54, 1.807) is 11.3 Å². The summed E-state index contributed by atoms with van der Waals surface area (Å²) >= 11 is 1.74. The third kappa shape index (κ3) is 3.17. The fourth-order valence-corrected chi connectivity index (χ4v) is 2.40. The zero-order valence-electron chi connectivity index (χ0n) is 10.6. The Morgan fingerprint density at radius 1 is 1.47 bits per heavy atom. The summed E-state index contributed by atoms with van der Waals surface area (Å²) in [4.78, 5) is 0. The predicted molar refractivity (Wildman–Crippen MR) is 72.3 cm³/mol. The average Bonchev–Trinajstić information content (AvgIpc) is 2.95. The van der Waals surface area contributed by atoms with Crippen molar-refractivity contribution in [2.75, 3.05) is 0 Å². The Kier molecular flexibility index (Phi) is 3.97. The molecular weight excluding hydrogens is 230 g/mol. The first kappa shape index (κ1) is 12.3. The van der Waals surface area contributed by atoms with Gasteiger partial charge in [-0.05, 0) is 48.7 Å². The lowest BCUT2D eigenvalue weighted by Crippen LogP contribution is -2.33. The SMILES string of the molecule is Cc1cnn([C@H](C)[C@@H](C)NCc2ccsc2)c1. The average molecular weight is 249 g/mol. The molecule has 0 fully saturated rings. The van der Waals surface area contributed by atoms with E-state index in [2.05, 4.69) is 54.2 Å². The van der Waals surface area contributed by atoms with Gasteiger partial charge in [-0.1, -0.05) is 0 Å². The highest BCUT2D eigenvalue weighted by molar-refractivity contribution is 7.07. The maximum atomic E-state index is 4.36. The Hall–Kier alpha value is -1.13. The van der Waals surface area contributed by atoms with Gasteiger partial charge in [0.2, 0.25) is 0 Å². The molecule has 0 aliphatic carbocycles. The van der Waals surface area contributed by atoms with Crippen molar-refractivity contribution in [3.63, 3.8) is 0 Å². The Balaban J connectivity index is 1.89. The lowest BCUT2D eigenvalue weighted by atomic mass is 10.1. The number of nitrogens with one attached hydrogen (secondary N) is 1. The lowest BCUT2D eigenvalue weighted by molar-refractivity contribution is 0.365. The van der Waals surface area contributed by atoms with Crippen molar-refractivity contribution in [1.82, 2.24) is 15.1 Å². The predicted octanol–water partition coefficient (Wildman–Crippen LogP) is 2.99. The lowest BCUT2D eigenvalue weighted by Gasteiger charge is -2.21. The molecule has 2 atom stereocenters. The van der Waals surface area contributed by atoms with Crippen LogP contribution in [0.25, 0.3) is 0 Å². The number of aromatic nitrogens is 2. The van der Waals surface area contributed by atoms with Gasteiger partial charge >= 0.3 is 0 Å². The van der Waals surface area contributed by atoms with Gasteiger partial charge in [-0.15, -0.1) is 0 Å². The monoisotopic (exact) mass is 249 g/mol. The normalized spacial score (nSPS) is 14.8. The Morgan fingerprint density at radius 2 is 2.29 bits per heavy atom. The molecule has 92 valence electrons. The summed E-state index contributed by atoms with van der Waals surface area (Å²) in [5.41, 5.74) is 2.56. The number of hydrogen-bond acceptors (Lipinski definition) is 3. The van der Waals surface area contributed by atoms with E-state index in [1.165, 1.54) is 11.1 Å². The highest BCUT2D eigenvalue weighted by Crippen LogP contribution is 2.12. The minimum Gasteiger partial charge on any atom is -0.308 e. The topological polar surface area (TPSA) is 29.9 Å². The van der Waals surface area contributed by atoms with Crippen LogP contribution in [0.2, 0.25) is 0 Å². The first-order valence-corrected chi connectivity index (χ1v) is 6.86. The van der Waals surface area contributed by atoms with Crippen molar-refractivity contribution in [3.8, 4) is 0 Å². The molecule has 0 aliphatic heterocycles. The summed E-state index contributed by atoms with van der Waals surface area (Å²) < 4.78 is 2.03. The van der Waals surface area contributed by atoms with E-state index in [0.717, 1.165) is 6.54 Å². The van der Waals surface area contributed by atoms with E-state index in [4.69, 9.17) is 0 Å². The van der Waals surface area contributed by atoms with E-state index >= 15 is 0 Å². The maximum Gasteiger partial charge on any atom is 0.0641 e. The van der Waals surface area contributed by atoms with Crippen LogP contribution in [0.15, 0.2) is 29.2 Å². The molecule has 3 nitrogen and oxygen atoms in total. The fourth-order valence-electron chi connectivity index (χ4n) is 1.73. The summed E-state index contributed by atoms with van der Waals surface area (Å²) in [6.07, 6.45) is 4.00. The molecule has 0 saturated heterocycles. The van der Waals surface area contributed by atoms with Gasteiger partial charge in [0.1, 0.15) is 0 Å². The molecule has 0 radical (unpaired) electrons.